The Morgan fingerprint density at radius 3 is 2.03 bits per heavy atom. The molecular formula is C24H22N2O4. The number of methoxy groups -OCH3 is 1. The fourth-order valence-electron chi connectivity index (χ4n) is 2.81. The summed E-state index contributed by atoms with van der Waals surface area (Å²) < 4.78 is 10.2. The molecule has 0 saturated heterocycles. The summed E-state index contributed by atoms with van der Waals surface area (Å²) >= 11 is 0. The number of ether oxygens (including phenoxy) is 2. The molecule has 3 rings (SSSR count). The summed E-state index contributed by atoms with van der Waals surface area (Å²) in [5.74, 6) is -1.11. The van der Waals surface area contributed by atoms with Crippen LogP contribution in [0.3, 0.4) is 0 Å². The Balaban J connectivity index is 1.65. The summed E-state index contributed by atoms with van der Waals surface area (Å²) in [6, 6.07) is 25.9. The Morgan fingerprint density at radius 1 is 0.833 bits per heavy atom. The van der Waals surface area contributed by atoms with E-state index >= 15 is 0 Å². The molecule has 0 spiro atoms. The number of amides is 1. The molecule has 6 nitrogen and oxygen atoms in total. The van der Waals surface area contributed by atoms with Gasteiger partial charge in [0.05, 0.1) is 17.9 Å². The summed E-state index contributed by atoms with van der Waals surface area (Å²) in [7, 11) is 1.58. The predicted molar refractivity (Wildman–Crippen MR) is 114 cm³/mol. The van der Waals surface area contributed by atoms with E-state index in [2.05, 4.69) is 10.5 Å². The van der Waals surface area contributed by atoms with Crippen LogP contribution < -0.4 is 5.43 Å². The number of hydrogen-bond donors (Lipinski definition) is 1. The third kappa shape index (κ3) is 5.86. The average molecular weight is 402 g/mol. The number of hydrazone groups is 1. The Labute approximate surface area is 175 Å². The van der Waals surface area contributed by atoms with Crippen molar-refractivity contribution in [2.24, 2.45) is 5.10 Å². The molecule has 0 aliphatic rings. The molecule has 0 atom stereocenters. The van der Waals surface area contributed by atoms with Gasteiger partial charge in [-0.05, 0) is 17.7 Å². The number of carbonyl (C=O) groups excluding carboxylic acids is 2. The maximum Gasteiger partial charge on any atom is 0.338 e. The maximum absolute atomic E-state index is 12.2. The van der Waals surface area contributed by atoms with Crippen molar-refractivity contribution in [2.45, 2.75) is 6.61 Å². The Bertz CT molecular complexity index is 976. The molecule has 3 aromatic carbocycles. The molecule has 6 heteroatoms. The minimum Gasteiger partial charge on any atom is -0.452 e. The van der Waals surface area contributed by atoms with Crippen LogP contribution in [0.5, 0.6) is 0 Å². The van der Waals surface area contributed by atoms with Crippen molar-refractivity contribution >= 4 is 17.6 Å². The Hall–Kier alpha value is -3.77. The minimum absolute atomic E-state index is 0.357. The number of carbonyl (C=O) groups is 2. The van der Waals surface area contributed by atoms with Gasteiger partial charge in [-0.3, -0.25) is 4.79 Å². The van der Waals surface area contributed by atoms with Gasteiger partial charge in [-0.25, -0.2) is 10.2 Å². The van der Waals surface area contributed by atoms with Crippen LogP contribution in [0.2, 0.25) is 0 Å². The number of hydrogen-bond acceptors (Lipinski definition) is 5. The topological polar surface area (TPSA) is 77.0 Å². The molecule has 3 aromatic rings. The molecule has 1 amide bonds. The third-order valence-electron chi connectivity index (χ3n) is 4.19. The van der Waals surface area contributed by atoms with E-state index in [-0.39, 0.29) is 0 Å². The number of rotatable bonds is 8. The molecule has 152 valence electrons. The summed E-state index contributed by atoms with van der Waals surface area (Å²) in [5, 5.41) is 4.26. The molecule has 0 saturated carbocycles. The summed E-state index contributed by atoms with van der Waals surface area (Å²) in [6.07, 6.45) is 0. The molecule has 1 N–H and O–H groups in total. The highest BCUT2D eigenvalue weighted by Gasteiger charge is 2.12. The van der Waals surface area contributed by atoms with Gasteiger partial charge in [0, 0.05) is 18.2 Å². The van der Waals surface area contributed by atoms with Crippen LogP contribution in [-0.2, 0) is 20.9 Å². The summed E-state index contributed by atoms with van der Waals surface area (Å²) in [6.45, 7) is -0.0498. The first-order chi connectivity index (χ1) is 14.7. The smallest absolute Gasteiger partial charge is 0.338 e. The highest BCUT2D eigenvalue weighted by molar-refractivity contribution is 6.13. The van der Waals surface area contributed by atoms with Crippen LogP contribution in [0.1, 0.15) is 27.0 Å². The van der Waals surface area contributed by atoms with Crippen LogP contribution >= 0.6 is 0 Å². The minimum atomic E-state index is -0.585. The predicted octanol–water partition coefficient (Wildman–Crippen LogP) is 3.56. The fraction of sp³-hybridized carbons (Fsp3) is 0.125. The second kappa shape index (κ2) is 10.7. The first kappa shape index (κ1) is 21.0. The Morgan fingerprint density at radius 2 is 1.43 bits per heavy atom. The van der Waals surface area contributed by atoms with Crippen molar-refractivity contribution in [3.8, 4) is 0 Å². The van der Waals surface area contributed by atoms with Crippen LogP contribution in [0.25, 0.3) is 0 Å². The van der Waals surface area contributed by atoms with Crippen LogP contribution in [-0.4, -0.2) is 31.3 Å². The quantitative estimate of drug-likeness (QED) is 0.355. The molecule has 0 radical (unpaired) electrons. The molecule has 0 aromatic heterocycles. The highest BCUT2D eigenvalue weighted by Crippen LogP contribution is 2.11. The lowest BCUT2D eigenvalue weighted by molar-refractivity contribution is -0.124. The van der Waals surface area contributed by atoms with Gasteiger partial charge in [-0.1, -0.05) is 72.8 Å². The number of nitrogens with one attached hydrogen (secondary N) is 1. The van der Waals surface area contributed by atoms with E-state index in [4.69, 9.17) is 9.47 Å². The van der Waals surface area contributed by atoms with Crippen LogP contribution in [0.15, 0.2) is 90.0 Å². The van der Waals surface area contributed by atoms with Gasteiger partial charge in [0.2, 0.25) is 0 Å². The van der Waals surface area contributed by atoms with E-state index in [9.17, 15) is 9.59 Å². The van der Waals surface area contributed by atoms with E-state index in [1.807, 2.05) is 66.7 Å². The SMILES string of the molecule is COCc1cccc(C(=O)OCC(=O)NN=C(c2ccccc2)c2ccccc2)c1. The molecule has 0 heterocycles. The van der Waals surface area contributed by atoms with E-state index < -0.39 is 18.5 Å². The first-order valence-electron chi connectivity index (χ1n) is 9.40. The normalized spacial score (nSPS) is 10.2. The van der Waals surface area contributed by atoms with Crippen molar-refractivity contribution in [1.82, 2.24) is 5.43 Å². The monoisotopic (exact) mass is 402 g/mol. The second-order valence-corrected chi connectivity index (χ2v) is 6.44. The van der Waals surface area contributed by atoms with Crippen molar-refractivity contribution in [3.05, 3.63) is 107 Å². The summed E-state index contributed by atoms with van der Waals surface area (Å²) in [5.41, 5.74) is 6.00. The van der Waals surface area contributed by atoms with Crippen molar-refractivity contribution in [2.75, 3.05) is 13.7 Å². The number of nitrogens with zero attached hydrogens (tertiary/aromatic N) is 1. The van der Waals surface area contributed by atoms with Crippen LogP contribution in [0.4, 0.5) is 0 Å². The zero-order valence-electron chi connectivity index (χ0n) is 16.6. The molecular weight excluding hydrogens is 380 g/mol. The van der Waals surface area contributed by atoms with E-state index in [1.165, 1.54) is 0 Å². The van der Waals surface area contributed by atoms with E-state index in [0.717, 1.165) is 16.7 Å². The van der Waals surface area contributed by atoms with Gasteiger partial charge in [-0.2, -0.15) is 5.10 Å². The molecule has 0 aliphatic heterocycles. The standard InChI is InChI=1S/C24H22N2O4/c1-29-16-18-9-8-14-21(15-18)24(28)30-17-22(27)25-26-23(19-10-4-2-5-11-19)20-12-6-3-7-13-20/h2-15H,16-17H2,1H3,(H,25,27). The zero-order valence-corrected chi connectivity index (χ0v) is 16.6. The van der Waals surface area contributed by atoms with Gasteiger partial charge in [0.1, 0.15) is 0 Å². The van der Waals surface area contributed by atoms with Gasteiger partial charge in [0.15, 0.2) is 6.61 Å². The lowest BCUT2D eigenvalue weighted by atomic mass is 10.0. The maximum atomic E-state index is 12.2. The zero-order chi connectivity index (χ0) is 21.2. The lowest BCUT2D eigenvalue weighted by Gasteiger charge is -2.09. The number of benzene rings is 3. The van der Waals surface area contributed by atoms with E-state index in [0.29, 0.717) is 17.9 Å². The van der Waals surface area contributed by atoms with Crippen LogP contribution in [0, 0.1) is 0 Å². The lowest BCUT2D eigenvalue weighted by Crippen LogP contribution is -2.26. The number of esters is 1. The third-order valence-corrected chi connectivity index (χ3v) is 4.19. The average Bonchev–Trinajstić information content (AvgIpc) is 2.79. The van der Waals surface area contributed by atoms with E-state index in [1.54, 1.807) is 25.3 Å². The van der Waals surface area contributed by atoms with Gasteiger partial charge < -0.3 is 9.47 Å². The van der Waals surface area contributed by atoms with Gasteiger partial charge >= 0.3 is 5.97 Å². The van der Waals surface area contributed by atoms with Crippen molar-refractivity contribution < 1.29 is 19.1 Å². The van der Waals surface area contributed by atoms with Gasteiger partial charge in [0.25, 0.3) is 5.91 Å². The van der Waals surface area contributed by atoms with Crippen molar-refractivity contribution in [1.29, 1.82) is 0 Å². The first-order valence-corrected chi connectivity index (χ1v) is 9.40. The molecule has 0 fully saturated rings. The second-order valence-electron chi connectivity index (χ2n) is 6.44. The largest absolute Gasteiger partial charge is 0.452 e. The molecule has 0 aliphatic carbocycles. The van der Waals surface area contributed by atoms with Gasteiger partial charge in [-0.15, -0.1) is 0 Å². The molecule has 0 unspecified atom stereocenters. The summed E-state index contributed by atoms with van der Waals surface area (Å²) in [4.78, 5) is 24.4. The highest BCUT2D eigenvalue weighted by atomic mass is 16.5. The molecule has 30 heavy (non-hydrogen) atoms. The molecule has 0 bridgehead atoms. The Kier molecular flexibility index (Phi) is 7.46. The van der Waals surface area contributed by atoms with Crippen molar-refractivity contribution in [3.63, 3.8) is 0 Å². The fourth-order valence-corrected chi connectivity index (χ4v) is 2.81.